The summed E-state index contributed by atoms with van der Waals surface area (Å²) in [6.45, 7) is 2.56. The molecule has 2 amide bonds. The first-order valence-corrected chi connectivity index (χ1v) is 9.32. The van der Waals surface area contributed by atoms with Crippen LogP contribution in [0.1, 0.15) is 17.5 Å². The average Bonchev–Trinajstić information content (AvgIpc) is 3.37. The molecule has 3 aromatic rings. The third-order valence-corrected chi connectivity index (χ3v) is 5.12. The Bertz CT molecular complexity index is 992. The molecule has 5 heteroatoms. The van der Waals surface area contributed by atoms with Gasteiger partial charge in [0.2, 0.25) is 11.8 Å². The highest BCUT2D eigenvalue weighted by Gasteiger charge is 2.47. The molecule has 3 N–H and O–H groups in total. The van der Waals surface area contributed by atoms with Crippen LogP contribution in [0.25, 0.3) is 10.9 Å². The second kappa shape index (κ2) is 7.27. The molecule has 0 spiro atoms. The van der Waals surface area contributed by atoms with Crippen LogP contribution >= 0.6 is 0 Å². The molecule has 1 saturated carbocycles. The Hall–Kier alpha value is -3.08. The van der Waals surface area contributed by atoms with Gasteiger partial charge in [-0.25, -0.2) is 0 Å². The number of H-pyrrole nitrogens is 1. The van der Waals surface area contributed by atoms with E-state index in [0.717, 1.165) is 23.2 Å². The number of aromatic amines is 1. The Morgan fingerprint density at radius 3 is 2.74 bits per heavy atom. The number of benzene rings is 2. The quantitative estimate of drug-likeness (QED) is 0.629. The number of aryl methyl sites for hydroxylation is 1. The van der Waals surface area contributed by atoms with Gasteiger partial charge in [-0.05, 0) is 49.1 Å². The van der Waals surface area contributed by atoms with E-state index in [4.69, 9.17) is 0 Å². The molecule has 2 unspecified atom stereocenters. The standard InChI is InChI=1S/C22H23N3O2/c1-14-5-4-6-16(11-14)25-22(27)19-12-18(19)21(26)23-10-9-15-13-24-20-8-3-2-7-17(15)20/h2-8,11,13,18-19,24H,9-10,12H2,1H3,(H,23,26)(H,25,27). The van der Waals surface area contributed by atoms with Crippen molar-refractivity contribution < 1.29 is 9.59 Å². The lowest BCUT2D eigenvalue weighted by molar-refractivity contribution is -0.125. The zero-order chi connectivity index (χ0) is 18.8. The summed E-state index contributed by atoms with van der Waals surface area (Å²) in [5.41, 5.74) is 4.17. The number of carbonyl (C=O) groups is 2. The molecule has 5 nitrogen and oxygen atoms in total. The third kappa shape index (κ3) is 3.87. The highest BCUT2D eigenvalue weighted by atomic mass is 16.2. The molecule has 0 aliphatic heterocycles. The zero-order valence-electron chi connectivity index (χ0n) is 15.3. The zero-order valence-corrected chi connectivity index (χ0v) is 15.3. The summed E-state index contributed by atoms with van der Waals surface area (Å²) < 4.78 is 0. The summed E-state index contributed by atoms with van der Waals surface area (Å²) in [5, 5.41) is 7.07. The van der Waals surface area contributed by atoms with Crippen LogP contribution in [-0.4, -0.2) is 23.3 Å². The molecule has 0 bridgehead atoms. The summed E-state index contributed by atoms with van der Waals surface area (Å²) in [5.74, 6) is -0.534. The molecule has 1 aliphatic carbocycles. The van der Waals surface area contributed by atoms with E-state index < -0.39 is 0 Å². The summed E-state index contributed by atoms with van der Waals surface area (Å²) in [6.07, 6.45) is 3.38. The van der Waals surface area contributed by atoms with Crippen molar-refractivity contribution in [3.63, 3.8) is 0 Å². The van der Waals surface area contributed by atoms with Crippen molar-refractivity contribution in [2.45, 2.75) is 19.8 Å². The minimum Gasteiger partial charge on any atom is -0.361 e. The summed E-state index contributed by atoms with van der Waals surface area (Å²) >= 11 is 0. The van der Waals surface area contributed by atoms with E-state index in [9.17, 15) is 9.59 Å². The first-order chi connectivity index (χ1) is 13.1. The molecule has 1 fully saturated rings. The molecule has 2 aromatic carbocycles. The van der Waals surface area contributed by atoms with Gasteiger partial charge >= 0.3 is 0 Å². The van der Waals surface area contributed by atoms with Crippen molar-refractivity contribution in [3.05, 3.63) is 65.9 Å². The van der Waals surface area contributed by atoms with E-state index in [1.165, 1.54) is 10.9 Å². The molecule has 4 rings (SSSR count). The lowest BCUT2D eigenvalue weighted by atomic mass is 10.1. The smallest absolute Gasteiger partial charge is 0.228 e. The molecule has 27 heavy (non-hydrogen) atoms. The van der Waals surface area contributed by atoms with Crippen LogP contribution in [0.4, 0.5) is 5.69 Å². The van der Waals surface area contributed by atoms with Crippen molar-refractivity contribution in [1.29, 1.82) is 0 Å². The van der Waals surface area contributed by atoms with Gasteiger partial charge < -0.3 is 15.6 Å². The molecule has 0 saturated heterocycles. The first-order valence-electron chi connectivity index (χ1n) is 9.32. The van der Waals surface area contributed by atoms with Gasteiger partial charge in [0.05, 0.1) is 11.8 Å². The van der Waals surface area contributed by atoms with Gasteiger partial charge in [0.15, 0.2) is 0 Å². The first kappa shape index (κ1) is 17.3. The number of carbonyl (C=O) groups excluding carboxylic acids is 2. The van der Waals surface area contributed by atoms with Crippen LogP contribution in [0.5, 0.6) is 0 Å². The lowest BCUT2D eigenvalue weighted by Crippen LogP contribution is -2.29. The van der Waals surface area contributed by atoms with Crippen LogP contribution in [0, 0.1) is 18.8 Å². The van der Waals surface area contributed by atoms with E-state index in [0.29, 0.717) is 13.0 Å². The largest absolute Gasteiger partial charge is 0.361 e. The highest BCUT2D eigenvalue weighted by Crippen LogP contribution is 2.39. The van der Waals surface area contributed by atoms with Crippen molar-refractivity contribution in [2.24, 2.45) is 11.8 Å². The number of hydrogen-bond donors (Lipinski definition) is 3. The Kier molecular flexibility index (Phi) is 4.67. The fraction of sp³-hybridized carbons (Fsp3) is 0.273. The second-order valence-electron chi connectivity index (χ2n) is 7.21. The van der Waals surface area contributed by atoms with Crippen LogP contribution in [0.15, 0.2) is 54.7 Å². The molecule has 2 atom stereocenters. The molecule has 1 aliphatic rings. The molecule has 1 heterocycles. The van der Waals surface area contributed by atoms with Crippen LogP contribution in [0.3, 0.4) is 0 Å². The van der Waals surface area contributed by atoms with Gasteiger partial charge in [0, 0.05) is 29.3 Å². The molecule has 138 valence electrons. The highest BCUT2D eigenvalue weighted by molar-refractivity contribution is 5.99. The fourth-order valence-corrected chi connectivity index (χ4v) is 3.52. The van der Waals surface area contributed by atoms with E-state index in [-0.39, 0.29) is 23.7 Å². The van der Waals surface area contributed by atoms with Gasteiger partial charge in [0.25, 0.3) is 0 Å². The summed E-state index contributed by atoms with van der Waals surface area (Å²) in [6, 6.07) is 15.8. The van der Waals surface area contributed by atoms with E-state index in [1.54, 1.807) is 0 Å². The molecular weight excluding hydrogens is 338 g/mol. The normalized spacial score (nSPS) is 18.3. The predicted molar refractivity (Wildman–Crippen MR) is 106 cm³/mol. The Balaban J connectivity index is 1.25. The Morgan fingerprint density at radius 2 is 1.89 bits per heavy atom. The van der Waals surface area contributed by atoms with E-state index >= 15 is 0 Å². The number of anilines is 1. The van der Waals surface area contributed by atoms with Crippen molar-refractivity contribution in [2.75, 3.05) is 11.9 Å². The lowest BCUT2D eigenvalue weighted by Gasteiger charge is -2.07. The minimum absolute atomic E-state index is 0.0285. The van der Waals surface area contributed by atoms with Gasteiger partial charge in [0.1, 0.15) is 0 Å². The van der Waals surface area contributed by atoms with Crippen molar-refractivity contribution in [1.82, 2.24) is 10.3 Å². The van der Waals surface area contributed by atoms with Crippen molar-refractivity contribution in [3.8, 4) is 0 Å². The Morgan fingerprint density at radius 1 is 1.07 bits per heavy atom. The van der Waals surface area contributed by atoms with E-state index in [2.05, 4.69) is 21.7 Å². The SMILES string of the molecule is Cc1cccc(NC(=O)C2CC2C(=O)NCCc2c[nH]c3ccccc23)c1. The maximum Gasteiger partial charge on any atom is 0.228 e. The topological polar surface area (TPSA) is 74.0 Å². The van der Waals surface area contributed by atoms with Crippen LogP contribution in [0.2, 0.25) is 0 Å². The van der Waals surface area contributed by atoms with E-state index in [1.807, 2.05) is 55.6 Å². The third-order valence-electron chi connectivity index (χ3n) is 5.12. The average molecular weight is 361 g/mol. The number of nitrogens with one attached hydrogen (secondary N) is 3. The Labute approximate surface area is 158 Å². The number of rotatable bonds is 6. The van der Waals surface area contributed by atoms with Gasteiger partial charge in [-0.15, -0.1) is 0 Å². The summed E-state index contributed by atoms with van der Waals surface area (Å²) in [4.78, 5) is 27.9. The molecule has 1 aromatic heterocycles. The van der Waals surface area contributed by atoms with Crippen molar-refractivity contribution >= 4 is 28.4 Å². The number of aromatic nitrogens is 1. The molecular formula is C22H23N3O2. The second-order valence-corrected chi connectivity index (χ2v) is 7.21. The minimum atomic E-state index is -0.224. The molecule has 0 radical (unpaired) electrons. The summed E-state index contributed by atoms with van der Waals surface area (Å²) in [7, 11) is 0. The monoisotopic (exact) mass is 361 g/mol. The predicted octanol–water partition coefficient (Wildman–Crippen LogP) is 3.41. The van der Waals surface area contributed by atoms with Crippen LogP contribution in [-0.2, 0) is 16.0 Å². The number of fused-ring (bicyclic) bond motifs is 1. The maximum absolute atomic E-state index is 12.3. The number of amides is 2. The fourth-order valence-electron chi connectivity index (χ4n) is 3.52. The number of hydrogen-bond acceptors (Lipinski definition) is 2. The number of para-hydroxylation sites is 1. The van der Waals surface area contributed by atoms with Gasteiger partial charge in [-0.3, -0.25) is 9.59 Å². The maximum atomic E-state index is 12.3. The van der Waals surface area contributed by atoms with Gasteiger partial charge in [-0.2, -0.15) is 0 Å². The van der Waals surface area contributed by atoms with Crippen LogP contribution < -0.4 is 10.6 Å². The van der Waals surface area contributed by atoms with Gasteiger partial charge in [-0.1, -0.05) is 30.3 Å².